The number of amides is 1. The number of carbonyl (C=O) groups excluding carboxylic acids is 1. The van der Waals surface area contributed by atoms with E-state index in [0.29, 0.717) is 11.5 Å². The molecule has 206 valence electrons. The molecule has 17 heteroatoms. The third-order valence-corrected chi connectivity index (χ3v) is 7.04. The second-order valence-corrected chi connectivity index (χ2v) is 11.3. The van der Waals surface area contributed by atoms with Crippen LogP contribution in [0.15, 0.2) is 61.3 Å². The van der Waals surface area contributed by atoms with Crippen LogP contribution in [0.25, 0.3) is 10.8 Å². The molecule has 38 heavy (non-hydrogen) atoms. The Kier molecular flexibility index (Phi) is 9.18. The molecule has 1 amide bonds. The molecule has 0 spiro atoms. The Hall–Kier alpha value is -3.00. The predicted molar refractivity (Wildman–Crippen MR) is 139 cm³/mol. The molecule has 14 nitrogen and oxygen atoms in total. The number of hydrogen-bond acceptors (Lipinski definition) is 13. The minimum atomic E-state index is -4.79. The lowest BCUT2D eigenvalue weighted by molar-refractivity contribution is -0.190. The fourth-order valence-electron chi connectivity index (χ4n) is 3.12. The molecule has 0 aliphatic rings. The van der Waals surface area contributed by atoms with Gasteiger partial charge in [-0.25, -0.2) is 4.89 Å². The van der Waals surface area contributed by atoms with Crippen molar-refractivity contribution in [3.63, 3.8) is 0 Å². The molecule has 3 rings (SSSR count). The van der Waals surface area contributed by atoms with Gasteiger partial charge in [-0.1, -0.05) is 6.92 Å². The van der Waals surface area contributed by atoms with Gasteiger partial charge in [0.1, 0.15) is 28.0 Å². The molecule has 0 saturated heterocycles. The van der Waals surface area contributed by atoms with E-state index in [9.17, 15) is 41.6 Å². The molecular weight excluding hydrogens is 566 g/mol. The van der Waals surface area contributed by atoms with Crippen molar-refractivity contribution in [2.75, 3.05) is 11.9 Å². The highest BCUT2D eigenvalue weighted by Crippen LogP contribution is 2.55. The molecule has 0 bridgehead atoms. The zero-order valence-electron chi connectivity index (χ0n) is 19.7. The summed E-state index contributed by atoms with van der Waals surface area (Å²) in [5.41, 5.74) is -1.08. The SMILES string of the molecule is CCCOOSc1ccc(O)c(N=Nc2c(S(O)(O)O)cc3cc(S(=O)(=O)O)cc(NC(C)=O)c3c2O)c1. The first kappa shape index (κ1) is 29.6. The number of carbonyl (C=O) groups is 1. The number of phenols is 2. The Balaban J connectivity index is 2.20. The topological polar surface area (TPSA) is 228 Å². The van der Waals surface area contributed by atoms with Crippen LogP contribution in [-0.4, -0.2) is 49.4 Å². The molecule has 3 aromatic carbocycles. The number of nitrogens with one attached hydrogen (secondary N) is 1. The van der Waals surface area contributed by atoms with Crippen LogP contribution in [-0.2, 0) is 24.1 Å². The molecule has 0 aliphatic carbocycles. The molecule has 0 atom stereocenters. The second-order valence-electron chi connectivity index (χ2n) is 7.64. The summed E-state index contributed by atoms with van der Waals surface area (Å²) in [6.07, 6.45) is 0.720. The first-order chi connectivity index (χ1) is 17.7. The fraction of sp³-hybridized carbons (Fsp3) is 0.190. The zero-order chi connectivity index (χ0) is 28.3. The Bertz CT molecular complexity index is 1510. The number of phenolic OH excluding ortho intramolecular Hbond substituents is 2. The molecule has 0 aromatic heterocycles. The van der Waals surface area contributed by atoms with Gasteiger partial charge in [-0.05, 0) is 48.2 Å². The zero-order valence-corrected chi connectivity index (χ0v) is 22.2. The summed E-state index contributed by atoms with van der Waals surface area (Å²) in [4.78, 5) is 15.6. The predicted octanol–water partition coefficient (Wildman–Crippen LogP) is 5.82. The van der Waals surface area contributed by atoms with Crippen LogP contribution in [0.2, 0.25) is 0 Å². The Morgan fingerprint density at radius 1 is 1.05 bits per heavy atom. The first-order valence-corrected chi connectivity index (χ1v) is 14.2. The summed E-state index contributed by atoms with van der Waals surface area (Å²) in [5.74, 6) is -1.84. The molecule has 0 saturated carbocycles. The van der Waals surface area contributed by atoms with Crippen molar-refractivity contribution in [1.29, 1.82) is 0 Å². The van der Waals surface area contributed by atoms with E-state index in [-0.39, 0.29) is 27.9 Å². The van der Waals surface area contributed by atoms with Crippen LogP contribution in [0.5, 0.6) is 11.5 Å². The summed E-state index contributed by atoms with van der Waals surface area (Å²) in [7, 11) is -9.38. The van der Waals surface area contributed by atoms with Crippen molar-refractivity contribution < 1.29 is 50.9 Å². The monoisotopic (exact) mass is 589 g/mol. The maximum atomic E-state index is 11.7. The average molecular weight is 590 g/mol. The number of azo groups is 1. The van der Waals surface area contributed by atoms with E-state index in [2.05, 4.69) is 15.5 Å². The van der Waals surface area contributed by atoms with Crippen molar-refractivity contribution in [1.82, 2.24) is 0 Å². The summed E-state index contributed by atoms with van der Waals surface area (Å²) in [5, 5.41) is 30.7. The van der Waals surface area contributed by atoms with Gasteiger partial charge in [0.15, 0.2) is 5.75 Å². The van der Waals surface area contributed by atoms with Crippen LogP contribution in [0.3, 0.4) is 0 Å². The summed E-state index contributed by atoms with van der Waals surface area (Å²) in [6, 6.07) is 6.73. The van der Waals surface area contributed by atoms with Gasteiger partial charge in [0, 0.05) is 17.2 Å². The van der Waals surface area contributed by atoms with E-state index in [1.165, 1.54) is 18.2 Å². The van der Waals surface area contributed by atoms with Crippen molar-refractivity contribution in [3.05, 3.63) is 36.4 Å². The van der Waals surface area contributed by atoms with E-state index < -0.39 is 48.1 Å². The lowest BCUT2D eigenvalue weighted by Crippen LogP contribution is -2.08. The fourth-order valence-corrected chi connectivity index (χ4v) is 4.82. The number of rotatable bonds is 10. The molecule has 0 radical (unpaired) electrons. The van der Waals surface area contributed by atoms with E-state index in [1.807, 2.05) is 6.92 Å². The standard InChI is InChI=1S/C21H23N3O11S3/c1-3-6-34-35-36-13-4-5-17(26)15(9-13)23-24-20-18(38(31,32)33)8-12-7-14(37(28,29)30)10-16(22-11(2)25)19(12)21(20)27/h4-5,7-10,26-27,31-33H,3,6H2,1-2H3,(H,22,25)(H,28,29,30). The maximum Gasteiger partial charge on any atom is 0.294 e. The molecule has 0 fully saturated rings. The van der Waals surface area contributed by atoms with Gasteiger partial charge in [-0.2, -0.15) is 12.8 Å². The van der Waals surface area contributed by atoms with Crippen molar-refractivity contribution in [3.8, 4) is 11.5 Å². The van der Waals surface area contributed by atoms with Crippen molar-refractivity contribution in [2.45, 2.75) is 35.0 Å². The van der Waals surface area contributed by atoms with E-state index in [1.54, 1.807) is 0 Å². The molecule has 3 aromatic rings. The van der Waals surface area contributed by atoms with E-state index >= 15 is 0 Å². The van der Waals surface area contributed by atoms with Crippen LogP contribution >= 0.6 is 22.9 Å². The van der Waals surface area contributed by atoms with Gasteiger partial charge in [0.25, 0.3) is 10.1 Å². The second kappa shape index (κ2) is 11.8. The highest BCUT2D eigenvalue weighted by molar-refractivity contribution is 8.19. The Morgan fingerprint density at radius 2 is 1.76 bits per heavy atom. The number of anilines is 1. The smallest absolute Gasteiger partial charge is 0.294 e. The Morgan fingerprint density at radius 3 is 2.37 bits per heavy atom. The van der Waals surface area contributed by atoms with Gasteiger partial charge in [-0.15, -0.1) is 10.2 Å². The minimum Gasteiger partial charge on any atom is -0.506 e. The molecule has 0 aliphatic heterocycles. The quantitative estimate of drug-likeness (QED) is 0.0370. The van der Waals surface area contributed by atoms with Crippen molar-refractivity contribution >= 4 is 66.8 Å². The van der Waals surface area contributed by atoms with Gasteiger partial charge in [0.05, 0.1) is 34.1 Å². The largest absolute Gasteiger partial charge is 0.506 e. The minimum absolute atomic E-state index is 0.141. The third-order valence-electron chi connectivity index (χ3n) is 4.70. The normalized spacial score (nSPS) is 12.8. The highest BCUT2D eigenvalue weighted by atomic mass is 32.3. The summed E-state index contributed by atoms with van der Waals surface area (Å²) < 4.78 is 67.9. The van der Waals surface area contributed by atoms with Gasteiger partial charge in [0.2, 0.25) is 5.91 Å². The van der Waals surface area contributed by atoms with Crippen LogP contribution in [0, 0.1) is 0 Å². The number of nitrogens with zero attached hydrogens (tertiary/aromatic N) is 2. The number of benzene rings is 3. The summed E-state index contributed by atoms with van der Waals surface area (Å²) in [6.45, 7) is 3.34. The van der Waals surface area contributed by atoms with E-state index in [4.69, 9.17) is 9.22 Å². The lowest BCUT2D eigenvalue weighted by Gasteiger charge is -2.23. The third kappa shape index (κ3) is 7.10. The van der Waals surface area contributed by atoms with Gasteiger partial charge in [-0.3, -0.25) is 9.35 Å². The van der Waals surface area contributed by atoms with E-state index in [0.717, 1.165) is 43.6 Å². The van der Waals surface area contributed by atoms with Gasteiger partial charge >= 0.3 is 0 Å². The number of aromatic hydroxyl groups is 2. The highest BCUT2D eigenvalue weighted by Gasteiger charge is 2.28. The summed E-state index contributed by atoms with van der Waals surface area (Å²) >= 11 is 0.818. The Labute approximate surface area is 222 Å². The van der Waals surface area contributed by atoms with Crippen molar-refractivity contribution in [2.24, 2.45) is 10.2 Å². The average Bonchev–Trinajstić information content (AvgIpc) is 2.80. The van der Waals surface area contributed by atoms with Crippen LogP contribution in [0.1, 0.15) is 20.3 Å². The van der Waals surface area contributed by atoms with Gasteiger partial charge < -0.3 is 29.2 Å². The van der Waals surface area contributed by atoms with Crippen LogP contribution in [0.4, 0.5) is 17.1 Å². The molecule has 7 N–H and O–H groups in total. The number of fused-ring (bicyclic) bond motifs is 1. The lowest BCUT2D eigenvalue weighted by atomic mass is 10.1. The maximum absolute atomic E-state index is 11.7. The number of hydrogen-bond donors (Lipinski definition) is 7. The molecule has 0 heterocycles. The molecular formula is C21H23N3O11S3. The van der Waals surface area contributed by atoms with Crippen LogP contribution < -0.4 is 5.32 Å². The molecule has 0 unspecified atom stereocenters. The first-order valence-electron chi connectivity index (χ1n) is 10.5.